The molecule has 1 aromatic rings. The highest BCUT2D eigenvalue weighted by atomic mass is 16.7. The summed E-state index contributed by atoms with van der Waals surface area (Å²) in [5.41, 5.74) is 0.542. The van der Waals surface area contributed by atoms with Gasteiger partial charge < -0.3 is 19.7 Å². The molecule has 4 rings (SSSR count). The molecule has 2 saturated heterocycles. The number of aromatic nitrogens is 2. The third kappa shape index (κ3) is 3.99. The van der Waals surface area contributed by atoms with E-state index in [-0.39, 0.29) is 5.91 Å². The van der Waals surface area contributed by atoms with Crippen molar-refractivity contribution in [3.8, 4) is 0 Å². The fraction of sp³-hybridized carbons (Fsp3) is 0.737. The van der Waals surface area contributed by atoms with Crippen molar-refractivity contribution in [1.29, 1.82) is 0 Å². The van der Waals surface area contributed by atoms with Gasteiger partial charge in [-0.15, -0.1) is 0 Å². The number of hydrogen-bond donors (Lipinski definition) is 1. The number of amides is 1. The van der Waals surface area contributed by atoms with Crippen LogP contribution in [0.5, 0.6) is 0 Å². The summed E-state index contributed by atoms with van der Waals surface area (Å²) in [6, 6.07) is 0.448. The highest BCUT2D eigenvalue weighted by molar-refractivity contribution is 5.93. The fourth-order valence-electron chi connectivity index (χ4n) is 4.14. The second-order valence-corrected chi connectivity index (χ2v) is 7.53. The molecule has 1 N–H and O–H groups in total. The zero-order chi connectivity index (χ0) is 17.8. The summed E-state index contributed by atoms with van der Waals surface area (Å²) in [4.78, 5) is 23.3. The number of likely N-dealkylation sites (tertiary alicyclic amines) is 1. The van der Waals surface area contributed by atoms with Gasteiger partial charge in [0.25, 0.3) is 5.91 Å². The molecule has 142 valence electrons. The summed E-state index contributed by atoms with van der Waals surface area (Å²) in [6.45, 7) is 2.58. The maximum atomic E-state index is 12.7. The van der Waals surface area contributed by atoms with Crippen LogP contribution in [0, 0.1) is 0 Å². The van der Waals surface area contributed by atoms with Gasteiger partial charge in [-0.2, -0.15) is 0 Å². The summed E-state index contributed by atoms with van der Waals surface area (Å²) in [6.07, 6.45) is 12.2. The number of anilines is 1. The summed E-state index contributed by atoms with van der Waals surface area (Å²) in [7, 11) is 0. The lowest BCUT2D eigenvalue weighted by Crippen LogP contribution is -2.47. The topological polar surface area (TPSA) is 76.6 Å². The lowest BCUT2D eigenvalue weighted by atomic mass is 10.0. The average molecular weight is 360 g/mol. The number of rotatable bonds is 3. The molecule has 0 radical (unpaired) electrons. The molecular weight excluding hydrogens is 332 g/mol. The van der Waals surface area contributed by atoms with Crippen LogP contribution in [-0.2, 0) is 9.47 Å². The Morgan fingerprint density at radius 2 is 1.65 bits per heavy atom. The van der Waals surface area contributed by atoms with E-state index in [0.717, 1.165) is 12.8 Å². The molecule has 7 nitrogen and oxygen atoms in total. The van der Waals surface area contributed by atoms with E-state index < -0.39 is 5.79 Å². The van der Waals surface area contributed by atoms with Gasteiger partial charge in [-0.05, 0) is 12.8 Å². The van der Waals surface area contributed by atoms with Gasteiger partial charge in [0.1, 0.15) is 0 Å². The third-order valence-corrected chi connectivity index (χ3v) is 5.71. The smallest absolute Gasteiger partial charge is 0.256 e. The first-order valence-electron chi connectivity index (χ1n) is 9.90. The van der Waals surface area contributed by atoms with Gasteiger partial charge >= 0.3 is 0 Å². The van der Waals surface area contributed by atoms with Crippen molar-refractivity contribution in [1.82, 2.24) is 14.9 Å². The first-order chi connectivity index (χ1) is 12.7. The molecule has 3 fully saturated rings. The number of carbonyl (C=O) groups excluding carboxylic acids is 1. The van der Waals surface area contributed by atoms with Gasteiger partial charge in [0.2, 0.25) is 5.95 Å². The van der Waals surface area contributed by atoms with E-state index in [4.69, 9.17) is 9.47 Å². The van der Waals surface area contributed by atoms with Crippen LogP contribution in [0.4, 0.5) is 5.95 Å². The Bertz CT molecular complexity index is 598. The monoisotopic (exact) mass is 360 g/mol. The van der Waals surface area contributed by atoms with Crippen LogP contribution in [0.15, 0.2) is 12.4 Å². The molecule has 26 heavy (non-hydrogen) atoms. The minimum absolute atomic E-state index is 0.0149. The zero-order valence-corrected chi connectivity index (χ0v) is 15.3. The number of nitrogens with one attached hydrogen (secondary N) is 1. The Morgan fingerprint density at radius 3 is 2.27 bits per heavy atom. The minimum atomic E-state index is -0.459. The van der Waals surface area contributed by atoms with E-state index in [2.05, 4.69) is 15.3 Å². The number of nitrogens with zero attached hydrogens (tertiary/aromatic N) is 3. The minimum Gasteiger partial charge on any atom is -0.351 e. The lowest BCUT2D eigenvalue weighted by molar-refractivity contribution is -0.181. The molecule has 3 heterocycles. The van der Waals surface area contributed by atoms with E-state index in [9.17, 15) is 4.79 Å². The molecule has 1 aliphatic carbocycles. The molecule has 0 atom stereocenters. The number of piperidine rings is 1. The van der Waals surface area contributed by atoms with Crippen molar-refractivity contribution in [3.63, 3.8) is 0 Å². The molecule has 2 aliphatic heterocycles. The quantitative estimate of drug-likeness (QED) is 0.835. The molecule has 0 aromatic carbocycles. The predicted molar refractivity (Wildman–Crippen MR) is 96.9 cm³/mol. The Hall–Kier alpha value is -1.73. The Labute approximate surface area is 154 Å². The second-order valence-electron chi connectivity index (χ2n) is 7.53. The first-order valence-corrected chi connectivity index (χ1v) is 9.90. The Kier molecular flexibility index (Phi) is 5.36. The van der Waals surface area contributed by atoms with E-state index in [1.165, 1.54) is 38.5 Å². The van der Waals surface area contributed by atoms with Gasteiger partial charge in [-0.3, -0.25) is 4.79 Å². The maximum Gasteiger partial charge on any atom is 0.256 e. The van der Waals surface area contributed by atoms with Gasteiger partial charge in [0.15, 0.2) is 5.79 Å². The van der Waals surface area contributed by atoms with E-state index in [0.29, 0.717) is 43.9 Å². The van der Waals surface area contributed by atoms with Crippen molar-refractivity contribution in [2.45, 2.75) is 63.2 Å². The molecule has 1 aromatic heterocycles. The fourth-order valence-corrected chi connectivity index (χ4v) is 4.14. The van der Waals surface area contributed by atoms with Gasteiger partial charge in [0.05, 0.1) is 18.8 Å². The van der Waals surface area contributed by atoms with Crippen molar-refractivity contribution in [2.75, 3.05) is 31.6 Å². The molecule has 0 bridgehead atoms. The first kappa shape index (κ1) is 17.7. The van der Waals surface area contributed by atoms with Gasteiger partial charge in [-0.25, -0.2) is 9.97 Å². The molecule has 7 heteroatoms. The van der Waals surface area contributed by atoms with Crippen LogP contribution in [-0.4, -0.2) is 58.9 Å². The van der Waals surface area contributed by atoms with Crippen LogP contribution in [0.25, 0.3) is 0 Å². The molecule has 1 amide bonds. The third-order valence-electron chi connectivity index (χ3n) is 5.71. The zero-order valence-electron chi connectivity index (χ0n) is 15.3. The SMILES string of the molecule is O=C(c1cnc(NC2CCCCCC2)nc1)N1CCC2(CC1)OCCO2. The number of hydrogen-bond acceptors (Lipinski definition) is 6. The molecule has 1 spiro atoms. The molecular formula is C19H28N4O3. The van der Waals surface area contributed by atoms with Crippen LogP contribution in [0.1, 0.15) is 61.7 Å². The standard InChI is InChI=1S/C19H28N4O3/c24-17(23-9-7-19(8-10-23)25-11-12-26-19)15-13-20-18(21-14-15)22-16-5-3-1-2-4-6-16/h13-14,16H,1-12H2,(H,20,21,22). The average Bonchev–Trinajstić information content (AvgIpc) is 2.97. The predicted octanol–water partition coefficient (Wildman–Crippen LogP) is 2.59. The molecule has 3 aliphatic rings. The van der Waals surface area contributed by atoms with Crippen LogP contribution >= 0.6 is 0 Å². The largest absolute Gasteiger partial charge is 0.351 e. The van der Waals surface area contributed by atoms with E-state index >= 15 is 0 Å². The van der Waals surface area contributed by atoms with Crippen molar-refractivity contribution in [3.05, 3.63) is 18.0 Å². The highest BCUT2D eigenvalue weighted by Gasteiger charge is 2.40. The maximum absolute atomic E-state index is 12.7. The van der Waals surface area contributed by atoms with Crippen LogP contribution in [0.2, 0.25) is 0 Å². The van der Waals surface area contributed by atoms with E-state index in [1.807, 2.05) is 4.90 Å². The number of ether oxygens (including phenoxy) is 2. The molecule has 1 saturated carbocycles. The summed E-state index contributed by atoms with van der Waals surface area (Å²) >= 11 is 0. The Balaban J connectivity index is 1.32. The number of carbonyl (C=O) groups is 1. The van der Waals surface area contributed by atoms with Gasteiger partial charge in [-0.1, -0.05) is 25.7 Å². The second kappa shape index (κ2) is 7.88. The summed E-state index contributed by atoms with van der Waals surface area (Å²) in [5, 5.41) is 3.42. The van der Waals surface area contributed by atoms with Crippen molar-refractivity contribution >= 4 is 11.9 Å². The molecule has 0 unspecified atom stereocenters. The van der Waals surface area contributed by atoms with Gasteiger partial charge in [0, 0.05) is 44.4 Å². The highest BCUT2D eigenvalue weighted by Crippen LogP contribution is 2.31. The summed E-state index contributed by atoms with van der Waals surface area (Å²) < 4.78 is 11.4. The normalized spacial score (nSPS) is 23.8. The van der Waals surface area contributed by atoms with E-state index in [1.54, 1.807) is 12.4 Å². The lowest BCUT2D eigenvalue weighted by Gasteiger charge is -2.37. The van der Waals surface area contributed by atoms with Crippen LogP contribution < -0.4 is 5.32 Å². The van der Waals surface area contributed by atoms with Crippen molar-refractivity contribution < 1.29 is 14.3 Å². The Morgan fingerprint density at radius 1 is 1.04 bits per heavy atom. The van der Waals surface area contributed by atoms with Crippen LogP contribution in [0.3, 0.4) is 0 Å². The van der Waals surface area contributed by atoms with Crippen molar-refractivity contribution in [2.24, 2.45) is 0 Å². The summed E-state index contributed by atoms with van der Waals surface area (Å²) in [5.74, 6) is 0.150.